The van der Waals surface area contributed by atoms with Crippen molar-refractivity contribution in [3.05, 3.63) is 11.6 Å². The molecule has 14 heavy (non-hydrogen) atoms. The van der Waals surface area contributed by atoms with Crippen molar-refractivity contribution < 1.29 is 0 Å². The Hall–Kier alpha value is -0.0900. The highest BCUT2D eigenvalue weighted by Gasteiger charge is 2.01. The summed E-state index contributed by atoms with van der Waals surface area (Å²) in [5.74, 6) is 0. The zero-order valence-electron chi connectivity index (χ0n) is 10.2. The summed E-state index contributed by atoms with van der Waals surface area (Å²) in [6.07, 6.45) is 15.8. The zero-order chi connectivity index (χ0) is 10.8. The van der Waals surface area contributed by atoms with Crippen molar-refractivity contribution in [3.8, 4) is 0 Å². The molecule has 0 rings (SSSR count). The largest absolute Gasteiger partial charge is 0.106 e. The number of hydrogen-bond donors (Lipinski definition) is 0. The summed E-state index contributed by atoms with van der Waals surface area (Å²) >= 11 is 0. The Bertz CT molecular complexity index is 180. The molecule has 0 aliphatic carbocycles. The summed E-state index contributed by atoms with van der Waals surface area (Å²) in [7, 11) is 0.110. The van der Waals surface area contributed by atoms with E-state index in [1.165, 1.54) is 44.4 Å². The van der Waals surface area contributed by atoms with Crippen molar-refractivity contribution in [2.45, 2.75) is 52.9 Å². The Labute approximate surface area is 91.2 Å². The van der Waals surface area contributed by atoms with Gasteiger partial charge in [-0.3, -0.25) is 0 Å². The molecule has 82 valence electrons. The molecule has 1 unspecified atom stereocenters. The second-order valence-corrected chi connectivity index (χ2v) is 6.43. The molecule has 0 radical (unpaired) electrons. The van der Waals surface area contributed by atoms with E-state index >= 15 is 0 Å². The quantitative estimate of drug-likeness (QED) is 0.307. The summed E-state index contributed by atoms with van der Waals surface area (Å²) in [6.45, 7) is 6.76. The van der Waals surface area contributed by atoms with Gasteiger partial charge >= 0.3 is 0 Å². The van der Waals surface area contributed by atoms with Crippen LogP contribution < -0.4 is 0 Å². The van der Waals surface area contributed by atoms with E-state index in [0.717, 1.165) is 0 Å². The molecule has 0 bridgehead atoms. The molecule has 0 nitrogen and oxygen atoms in total. The Morgan fingerprint density at radius 1 is 1.29 bits per heavy atom. The summed E-state index contributed by atoms with van der Waals surface area (Å²) in [4.78, 5) is 0. The standard InChI is InChI=1S/C13H26P/c1-5-7-10-13(3)11-8-9-12-14(4)6-2/h10H,4-9,11-12H2,1-3H3/q+1/b13-10+. The number of hydrogen-bond acceptors (Lipinski definition) is 0. The highest BCUT2D eigenvalue weighted by Crippen LogP contribution is 2.21. The van der Waals surface area contributed by atoms with Crippen molar-refractivity contribution in [2.24, 2.45) is 0 Å². The Kier molecular flexibility index (Phi) is 9.40. The molecule has 1 heteroatoms. The van der Waals surface area contributed by atoms with Gasteiger partial charge in [0.25, 0.3) is 0 Å². The van der Waals surface area contributed by atoms with Gasteiger partial charge in [-0.1, -0.05) is 25.0 Å². The van der Waals surface area contributed by atoms with Crippen LogP contribution in [0.15, 0.2) is 11.6 Å². The van der Waals surface area contributed by atoms with E-state index in [0.29, 0.717) is 0 Å². The molecule has 0 amide bonds. The van der Waals surface area contributed by atoms with Crippen LogP contribution in [0.25, 0.3) is 0 Å². The smallest absolute Gasteiger partial charge is 0.0856 e. The number of rotatable bonds is 8. The summed E-state index contributed by atoms with van der Waals surface area (Å²) in [6, 6.07) is 0. The van der Waals surface area contributed by atoms with Gasteiger partial charge in [0.05, 0.1) is 13.8 Å². The highest BCUT2D eigenvalue weighted by atomic mass is 31.1. The molecule has 0 fully saturated rings. The Morgan fingerprint density at radius 3 is 2.57 bits per heavy atom. The third kappa shape index (κ3) is 8.51. The van der Waals surface area contributed by atoms with E-state index in [2.05, 4.69) is 33.1 Å². The predicted molar refractivity (Wildman–Crippen MR) is 72.0 cm³/mol. The third-order valence-corrected chi connectivity index (χ3v) is 4.37. The van der Waals surface area contributed by atoms with E-state index in [-0.39, 0.29) is 7.55 Å². The molecule has 0 heterocycles. The summed E-state index contributed by atoms with van der Waals surface area (Å²) < 4.78 is 0. The molecule has 0 spiro atoms. The van der Waals surface area contributed by atoms with Gasteiger partial charge in [-0.05, 0) is 39.5 Å². The summed E-state index contributed by atoms with van der Waals surface area (Å²) in [5, 5.41) is 0. The molecular weight excluding hydrogens is 187 g/mol. The molecule has 0 saturated heterocycles. The fraction of sp³-hybridized carbons (Fsp3) is 0.769. The molecule has 0 aromatic carbocycles. The second-order valence-electron chi connectivity index (χ2n) is 4.01. The van der Waals surface area contributed by atoms with Gasteiger partial charge in [-0.25, -0.2) is 0 Å². The van der Waals surface area contributed by atoms with Gasteiger partial charge in [0.2, 0.25) is 0 Å². The van der Waals surface area contributed by atoms with Crippen molar-refractivity contribution in [3.63, 3.8) is 0 Å². The lowest BCUT2D eigenvalue weighted by molar-refractivity contribution is 0.785. The molecule has 0 saturated carbocycles. The molecule has 0 N–H and O–H groups in total. The average Bonchev–Trinajstić information content (AvgIpc) is 2.21. The Morgan fingerprint density at radius 2 is 2.00 bits per heavy atom. The van der Waals surface area contributed by atoms with Crippen LogP contribution in [-0.2, 0) is 0 Å². The van der Waals surface area contributed by atoms with Crippen molar-refractivity contribution in [1.29, 1.82) is 0 Å². The normalized spacial score (nSPS) is 13.1. The molecular formula is C13H26P+. The molecule has 0 aromatic heterocycles. The van der Waals surface area contributed by atoms with Gasteiger partial charge in [0.1, 0.15) is 12.3 Å². The van der Waals surface area contributed by atoms with E-state index in [1.54, 1.807) is 5.57 Å². The van der Waals surface area contributed by atoms with Crippen molar-refractivity contribution in [1.82, 2.24) is 0 Å². The van der Waals surface area contributed by atoms with Crippen LogP contribution in [0.3, 0.4) is 0 Å². The zero-order valence-corrected chi connectivity index (χ0v) is 11.1. The van der Waals surface area contributed by atoms with Crippen LogP contribution in [0, 0.1) is 0 Å². The molecule has 0 aliphatic heterocycles. The van der Waals surface area contributed by atoms with Gasteiger partial charge < -0.3 is 0 Å². The molecule has 0 aromatic rings. The SMILES string of the molecule is C=[P+](CC)CCCC/C(C)=C/CCC. The van der Waals surface area contributed by atoms with Crippen LogP contribution in [-0.4, -0.2) is 18.6 Å². The number of allylic oxidation sites excluding steroid dienone is 2. The first-order valence-corrected chi connectivity index (χ1v) is 7.81. The minimum Gasteiger partial charge on any atom is -0.0856 e. The first-order chi connectivity index (χ1) is 6.70. The van der Waals surface area contributed by atoms with Crippen LogP contribution in [0.2, 0.25) is 0 Å². The predicted octanol–water partition coefficient (Wildman–Crippen LogP) is 4.84. The van der Waals surface area contributed by atoms with Crippen LogP contribution in [0.4, 0.5) is 0 Å². The molecule has 1 atom stereocenters. The van der Waals surface area contributed by atoms with E-state index in [1.807, 2.05) is 0 Å². The van der Waals surface area contributed by atoms with Gasteiger partial charge in [0, 0.05) is 0 Å². The first-order valence-electron chi connectivity index (χ1n) is 5.91. The van der Waals surface area contributed by atoms with Crippen LogP contribution in [0.1, 0.15) is 52.9 Å². The maximum absolute atomic E-state index is 4.17. The van der Waals surface area contributed by atoms with Gasteiger partial charge in [0.15, 0.2) is 0 Å². The van der Waals surface area contributed by atoms with Crippen LogP contribution >= 0.6 is 7.55 Å². The highest BCUT2D eigenvalue weighted by molar-refractivity contribution is 7.55. The van der Waals surface area contributed by atoms with Crippen molar-refractivity contribution >= 4 is 13.8 Å². The second kappa shape index (κ2) is 9.46. The van der Waals surface area contributed by atoms with E-state index < -0.39 is 0 Å². The maximum Gasteiger partial charge on any atom is 0.106 e. The Balaban J connectivity index is 3.40. The maximum atomic E-state index is 4.17. The fourth-order valence-electron chi connectivity index (χ4n) is 1.39. The topological polar surface area (TPSA) is 0 Å². The summed E-state index contributed by atoms with van der Waals surface area (Å²) in [5.41, 5.74) is 1.58. The van der Waals surface area contributed by atoms with Gasteiger partial charge in [-0.2, -0.15) is 0 Å². The first kappa shape index (κ1) is 13.9. The minimum atomic E-state index is 0.110. The van der Waals surface area contributed by atoms with Crippen LogP contribution in [0.5, 0.6) is 0 Å². The average molecular weight is 213 g/mol. The fourth-order valence-corrected chi connectivity index (χ4v) is 2.38. The van der Waals surface area contributed by atoms with Crippen molar-refractivity contribution in [2.75, 3.05) is 12.3 Å². The van der Waals surface area contributed by atoms with E-state index in [4.69, 9.17) is 0 Å². The molecule has 0 aliphatic rings. The monoisotopic (exact) mass is 213 g/mol. The number of unbranched alkanes of at least 4 members (excludes halogenated alkanes) is 2. The minimum absolute atomic E-state index is 0.110. The lowest BCUT2D eigenvalue weighted by atomic mass is 10.1. The van der Waals surface area contributed by atoms with Gasteiger partial charge in [-0.15, -0.1) is 0 Å². The lowest BCUT2D eigenvalue weighted by Crippen LogP contribution is -1.84. The van der Waals surface area contributed by atoms with E-state index in [9.17, 15) is 0 Å². The third-order valence-electron chi connectivity index (χ3n) is 2.52. The lowest BCUT2D eigenvalue weighted by Gasteiger charge is -1.99.